The minimum Gasteiger partial charge on any atom is -0.393 e. The predicted octanol–water partition coefficient (Wildman–Crippen LogP) is 2.16. The average Bonchev–Trinajstić information content (AvgIpc) is 3.06. The number of likely N-dealkylation sites (tertiary alicyclic amines) is 1. The fourth-order valence-corrected chi connectivity index (χ4v) is 3.77. The number of hydrogen-bond donors (Lipinski definition) is 1. The molecule has 1 aliphatic carbocycles. The largest absolute Gasteiger partial charge is 0.393 e. The molecule has 1 N–H and O–H groups in total. The van der Waals surface area contributed by atoms with Crippen LogP contribution >= 0.6 is 0 Å². The third-order valence-electron chi connectivity index (χ3n) is 4.82. The molecule has 3 rings (SSSR count). The smallest absolute Gasteiger partial charge is 0.255 e. The van der Waals surface area contributed by atoms with E-state index in [9.17, 15) is 9.90 Å². The molecule has 2 fully saturated rings. The summed E-state index contributed by atoms with van der Waals surface area (Å²) < 4.78 is 0. The summed E-state index contributed by atoms with van der Waals surface area (Å²) in [6, 6.07) is 3.88. The first-order valence-corrected chi connectivity index (χ1v) is 7.59. The van der Waals surface area contributed by atoms with Crippen molar-refractivity contribution in [3.8, 4) is 0 Å². The lowest BCUT2D eigenvalue weighted by Crippen LogP contribution is -2.42. The topological polar surface area (TPSA) is 53.4 Å². The van der Waals surface area contributed by atoms with Gasteiger partial charge >= 0.3 is 0 Å². The Kier molecular flexibility index (Phi) is 3.74. The summed E-state index contributed by atoms with van der Waals surface area (Å²) in [5.74, 6) is 0.343. The van der Waals surface area contributed by atoms with Crippen molar-refractivity contribution in [3.63, 3.8) is 0 Å². The van der Waals surface area contributed by atoms with Crippen molar-refractivity contribution in [2.24, 2.45) is 5.92 Å². The van der Waals surface area contributed by atoms with Crippen molar-refractivity contribution in [2.75, 3.05) is 6.54 Å². The Balaban J connectivity index is 1.82. The Hall–Kier alpha value is -1.42. The Morgan fingerprint density at radius 1 is 1.35 bits per heavy atom. The van der Waals surface area contributed by atoms with Crippen LogP contribution in [0.2, 0.25) is 0 Å². The molecule has 2 aliphatic rings. The fourth-order valence-electron chi connectivity index (χ4n) is 3.77. The van der Waals surface area contributed by atoms with E-state index in [1.165, 1.54) is 0 Å². The lowest BCUT2D eigenvalue weighted by Gasteiger charge is -2.31. The van der Waals surface area contributed by atoms with Gasteiger partial charge in [-0.3, -0.25) is 9.78 Å². The van der Waals surface area contributed by atoms with Crippen molar-refractivity contribution in [1.82, 2.24) is 9.88 Å². The zero-order valence-electron chi connectivity index (χ0n) is 12.0. The number of aryl methyl sites for hydroxylation is 1. The molecular weight excluding hydrogens is 252 g/mol. The minimum absolute atomic E-state index is 0.0807. The molecule has 1 saturated carbocycles. The summed E-state index contributed by atoms with van der Waals surface area (Å²) in [6.07, 6.45) is 6.55. The van der Waals surface area contributed by atoms with E-state index in [0.29, 0.717) is 5.56 Å². The zero-order valence-corrected chi connectivity index (χ0v) is 12.0. The second kappa shape index (κ2) is 5.52. The van der Waals surface area contributed by atoms with E-state index in [2.05, 4.69) is 4.98 Å². The van der Waals surface area contributed by atoms with Gasteiger partial charge in [-0.15, -0.1) is 0 Å². The molecule has 1 aromatic rings. The van der Waals surface area contributed by atoms with Crippen LogP contribution in [-0.4, -0.2) is 39.6 Å². The second-order valence-electron chi connectivity index (χ2n) is 6.01. The predicted molar refractivity (Wildman–Crippen MR) is 76.4 cm³/mol. The zero-order chi connectivity index (χ0) is 14.1. The molecular formula is C16H22N2O2. The third kappa shape index (κ3) is 2.33. The number of amides is 1. The molecule has 0 bridgehead atoms. The lowest BCUT2D eigenvalue weighted by molar-refractivity contribution is 0.0527. The summed E-state index contributed by atoms with van der Waals surface area (Å²) in [5.41, 5.74) is 1.49. The molecule has 3 atom stereocenters. The van der Waals surface area contributed by atoms with Crippen molar-refractivity contribution in [3.05, 3.63) is 29.6 Å². The number of rotatable bonds is 2. The number of hydrogen-bond acceptors (Lipinski definition) is 3. The summed E-state index contributed by atoms with van der Waals surface area (Å²) in [4.78, 5) is 18.9. The maximum atomic E-state index is 12.7. The molecule has 1 saturated heterocycles. The lowest BCUT2D eigenvalue weighted by atomic mass is 9.93. The SMILES string of the molecule is Cc1ncccc1C(=O)N1CCCC1C1CCCC1O. The molecule has 0 aromatic carbocycles. The molecule has 0 radical (unpaired) electrons. The second-order valence-corrected chi connectivity index (χ2v) is 6.01. The van der Waals surface area contributed by atoms with Gasteiger partial charge in [-0.05, 0) is 44.7 Å². The highest BCUT2D eigenvalue weighted by molar-refractivity contribution is 5.95. The number of pyridine rings is 1. The highest BCUT2D eigenvalue weighted by Crippen LogP contribution is 2.36. The number of nitrogens with zero attached hydrogens (tertiary/aromatic N) is 2. The molecule has 108 valence electrons. The van der Waals surface area contributed by atoms with Gasteiger partial charge in [0.05, 0.1) is 11.7 Å². The molecule has 2 heterocycles. The summed E-state index contributed by atoms with van der Waals surface area (Å²) in [7, 11) is 0. The van der Waals surface area contributed by atoms with Crippen LogP contribution in [-0.2, 0) is 0 Å². The molecule has 1 amide bonds. The van der Waals surface area contributed by atoms with Gasteiger partial charge in [-0.2, -0.15) is 0 Å². The molecule has 0 spiro atoms. The van der Waals surface area contributed by atoms with Crippen LogP contribution in [0.5, 0.6) is 0 Å². The number of carbonyl (C=O) groups is 1. The number of aromatic nitrogens is 1. The number of aliphatic hydroxyl groups excluding tert-OH is 1. The standard InChI is InChI=1S/C16H22N2O2/c1-11-12(6-3-9-17-11)16(20)18-10-4-7-14(18)13-5-2-8-15(13)19/h3,6,9,13-15,19H,2,4-5,7-8,10H2,1H3. The molecule has 1 aromatic heterocycles. The summed E-state index contributed by atoms with van der Waals surface area (Å²) >= 11 is 0. The normalized spacial score (nSPS) is 29.9. The number of aliphatic hydroxyl groups is 1. The van der Waals surface area contributed by atoms with E-state index in [4.69, 9.17) is 0 Å². The Bertz CT molecular complexity index is 503. The van der Waals surface area contributed by atoms with Gasteiger partial charge in [-0.25, -0.2) is 0 Å². The maximum Gasteiger partial charge on any atom is 0.255 e. The quantitative estimate of drug-likeness (QED) is 0.899. The number of carbonyl (C=O) groups excluding carboxylic acids is 1. The highest BCUT2D eigenvalue weighted by Gasteiger charge is 2.40. The van der Waals surface area contributed by atoms with Crippen LogP contribution < -0.4 is 0 Å². The first-order valence-electron chi connectivity index (χ1n) is 7.59. The first-order chi connectivity index (χ1) is 9.68. The van der Waals surface area contributed by atoms with Gasteiger partial charge in [-0.1, -0.05) is 6.42 Å². The minimum atomic E-state index is -0.233. The van der Waals surface area contributed by atoms with Crippen LogP contribution in [0.4, 0.5) is 0 Å². The molecule has 4 nitrogen and oxygen atoms in total. The van der Waals surface area contributed by atoms with Gasteiger partial charge in [0.2, 0.25) is 0 Å². The van der Waals surface area contributed by atoms with Crippen molar-refractivity contribution in [2.45, 2.75) is 51.2 Å². The molecule has 20 heavy (non-hydrogen) atoms. The van der Waals surface area contributed by atoms with E-state index in [-0.39, 0.29) is 24.0 Å². The van der Waals surface area contributed by atoms with Gasteiger partial charge in [0, 0.05) is 30.4 Å². The van der Waals surface area contributed by atoms with Crippen molar-refractivity contribution < 1.29 is 9.90 Å². The first kappa shape index (κ1) is 13.6. The Labute approximate surface area is 119 Å². The van der Waals surface area contributed by atoms with E-state index < -0.39 is 0 Å². The van der Waals surface area contributed by atoms with Crippen LogP contribution in [0.1, 0.15) is 48.2 Å². The van der Waals surface area contributed by atoms with Crippen LogP contribution in [0, 0.1) is 12.8 Å². The van der Waals surface area contributed by atoms with E-state index in [1.54, 1.807) is 6.20 Å². The van der Waals surface area contributed by atoms with Crippen LogP contribution in [0.3, 0.4) is 0 Å². The Morgan fingerprint density at radius 2 is 2.20 bits per heavy atom. The molecule has 4 heteroatoms. The highest BCUT2D eigenvalue weighted by atomic mass is 16.3. The van der Waals surface area contributed by atoms with Gasteiger partial charge < -0.3 is 10.0 Å². The monoisotopic (exact) mass is 274 g/mol. The van der Waals surface area contributed by atoms with E-state index in [0.717, 1.165) is 44.3 Å². The van der Waals surface area contributed by atoms with Gasteiger partial charge in [0.25, 0.3) is 5.91 Å². The van der Waals surface area contributed by atoms with Gasteiger partial charge in [0.1, 0.15) is 0 Å². The van der Waals surface area contributed by atoms with Crippen LogP contribution in [0.25, 0.3) is 0 Å². The van der Waals surface area contributed by atoms with Crippen LogP contribution in [0.15, 0.2) is 18.3 Å². The van der Waals surface area contributed by atoms with Crippen molar-refractivity contribution in [1.29, 1.82) is 0 Å². The van der Waals surface area contributed by atoms with Gasteiger partial charge in [0.15, 0.2) is 0 Å². The van der Waals surface area contributed by atoms with E-state index >= 15 is 0 Å². The van der Waals surface area contributed by atoms with Crippen molar-refractivity contribution >= 4 is 5.91 Å². The third-order valence-corrected chi connectivity index (χ3v) is 4.82. The maximum absolute atomic E-state index is 12.7. The van der Waals surface area contributed by atoms with E-state index in [1.807, 2.05) is 24.0 Å². The molecule has 3 unspecified atom stereocenters. The summed E-state index contributed by atoms with van der Waals surface area (Å²) in [5, 5.41) is 10.1. The molecule has 1 aliphatic heterocycles. The Morgan fingerprint density at radius 3 is 2.90 bits per heavy atom. The fraction of sp³-hybridized carbons (Fsp3) is 0.625. The average molecular weight is 274 g/mol. The summed E-state index contributed by atoms with van der Waals surface area (Å²) in [6.45, 7) is 2.68.